The molecule has 0 aliphatic heterocycles. The van der Waals surface area contributed by atoms with Crippen molar-refractivity contribution >= 4 is 22.9 Å². The van der Waals surface area contributed by atoms with E-state index < -0.39 is 0 Å². The molecule has 2 rings (SSSR count). The van der Waals surface area contributed by atoms with E-state index in [2.05, 4.69) is 15.3 Å². The molecule has 0 aromatic carbocycles. The summed E-state index contributed by atoms with van der Waals surface area (Å²) in [6.07, 6.45) is 1.63. The Labute approximate surface area is 97.2 Å². The quantitative estimate of drug-likeness (QED) is 0.895. The molecule has 0 aliphatic rings. The number of pyridine rings is 1. The fourth-order valence-corrected chi connectivity index (χ4v) is 2.10. The van der Waals surface area contributed by atoms with Crippen molar-refractivity contribution in [2.24, 2.45) is 0 Å². The molecule has 0 saturated carbocycles. The smallest absolute Gasteiger partial charge is 0.142 e. The lowest BCUT2D eigenvalue weighted by Crippen LogP contribution is -2.04. The van der Waals surface area contributed by atoms with Crippen LogP contribution in [0.25, 0.3) is 10.7 Å². The summed E-state index contributed by atoms with van der Waals surface area (Å²) < 4.78 is 0. The first-order chi connectivity index (χ1) is 7.29. The largest absolute Gasteiger partial charge is 0.314 e. The Morgan fingerprint density at radius 2 is 2.33 bits per heavy atom. The van der Waals surface area contributed by atoms with E-state index in [4.69, 9.17) is 11.6 Å². The van der Waals surface area contributed by atoms with Gasteiger partial charge in [-0.3, -0.25) is 4.98 Å². The summed E-state index contributed by atoms with van der Waals surface area (Å²) in [6, 6.07) is 3.70. The van der Waals surface area contributed by atoms with E-state index in [1.165, 1.54) is 0 Å². The summed E-state index contributed by atoms with van der Waals surface area (Å²) in [7, 11) is 1.90. The fraction of sp³-hybridized carbons (Fsp3) is 0.200. The first-order valence-electron chi connectivity index (χ1n) is 4.50. The lowest BCUT2D eigenvalue weighted by atomic mass is 10.3. The van der Waals surface area contributed by atoms with Gasteiger partial charge in [-0.25, -0.2) is 4.98 Å². The normalized spacial score (nSPS) is 10.5. The number of halogens is 1. The Kier molecular flexibility index (Phi) is 3.30. The molecule has 3 nitrogen and oxygen atoms in total. The van der Waals surface area contributed by atoms with Crippen molar-refractivity contribution in [1.82, 2.24) is 15.3 Å². The lowest BCUT2D eigenvalue weighted by Gasteiger charge is -1.95. The number of aromatic nitrogens is 2. The number of hydrogen-bond donors (Lipinski definition) is 1. The van der Waals surface area contributed by atoms with E-state index in [9.17, 15) is 0 Å². The Hall–Kier alpha value is -0.970. The molecule has 2 aromatic heterocycles. The molecule has 2 aromatic rings. The van der Waals surface area contributed by atoms with E-state index in [0.29, 0.717) is 5.02 Å². The van der Waals surface area contributed by atoms with Crippen LogP contribution in [0.1, 0.15) is 5.69 Å². The molecule has 0 fully saturated rings. The maximum Gasteiger partial charge on any atom is 0.142 e. The topological polar surface area (TPSA) is 37.8 Å². The van der Waals surface area contributed by atoms with Crippen LogP contribution < -0.4 is 5.32 Å². The van der Waals surface area contributed by atoms with Crippen LogP contribution in [-0.2, 0) is 6.54 Å². The van der Waals surface area contributed by atoms with Crippen LogP contribution in [0.3, 0.4) is 0 Å². The maximum absolute atomic E-state index is 5.76. The Morgan fingerprint density at radius 3 is 3.00 bits per heavy atom. The summed E-state index contributed by atoms with van der Waals surface area (Å²) in [5.41, 5.74) is 1.90. The number of hydrogen-bond acceptors (Lipinski definition) is 4. The maximum atomic E-state index is 5.76. The highest BCUT2D eigenvalue weighted by Crippen LogP contribution is 2.22. The molecule has 78 valence electrons. The van der Waals surface area contributed by atoms with E-state index >= 15 is 0 Å². The van der Waals surface area contributed by atoms with Crippen LogP contribution in [0.4, 0.5) is 0 Å². The van der Waals surface area contributed by atoms with Crippen LogP contribution in [0.5, 0.6) is 0 Å². The van der Waals surface area contributed by atoms with Crippen LogP contribution >= 0.6 is 22.9 Å². The number of nitrogens with one attached hydrogen (secondary N) is 1. The van der Waals surface area contributed by atoms with Gasteiger partial charge in [-0.15, -0.1) is 11.3 Å². The summed E-state index contributed by atoms with van der Waals surface area (Å²) >= 11 is 7.36. The van der Waals surface area contributed by atoms with Gasteiger partial charge in [0.1, 0.15) is 5.01 Å². The zero-order valence-electron chi connectivity index (χ0n) is 8.20. The highest BCUT2D eigenvalue weighted by Gasteiger charge is 2.04. The molecule has 0 unspecified atom stereocenters. The minimum atomic E-state index is 0.644. The van der Waals surface area contributed by atoms with E-state index in [1.54, 1.807) is 17.5 Å². The summed E-state index contributed by atoms with van der Waals surface area (Å²) in [4.78, 5) is 8.67. The van der Waals surface area contributed by atoms with Gasteiger partial charge in [0, 0.05) is 18.1 Å². The molecule has 5 heteroatoms. The minimum Gasteiger partial charge on any atom is -0.314 e. The summed E-state index contributed by atoms with van der Waals surface area (Å²) in [6.45, 7) is 0.782. The second kappa shape index (κ2) is 4.70. The van der Waals surface area contributed by atoms with Crippen LogP contribution in [0, 0.1) is 0 Å². The van der Waals surface area contributed by atoms with Crippen molar-refractivity contribution in [2.75, 3.05) is 7.05 Å². The molecule has 0 bridgehead atoms. The van der Waals surface area contributed by atoms with Crippen LogP contribution in [0.2, 0.25) is 5.02 Å². The van der Waals surface area contributed by atoms with Crippen LogP contribution in [0.15, 0.2) is 23.7 Å². The highest BCUT2D eigenvalue weighted by molar-refractivity contribution is 7.13. The second-order valence-electron chi connectivity index (χ2n) is 3.04. The second-order valence-corrected chi connectivity index (χ2v) is 4.33. The zero-order valence-corrected chi connectivity index (χ0v) is 9.77. The summed E-state index contributed by atoms with van der Waals surface area (Å²) in [5, 5.41) is 6.66. The third-order valence-electron chi connectivity index (χ3n) is 1.86. The molecule has 15 heavy (non-hydrogen) atoms. The Morgan fingerprint density at radius 1 is 1.47 bits per heavy atom. The molecular formula is C10H10ClN3S. The van der Waals surface area contributed by atoms with Crippen molar-refractivity contribution in [3.8, 4) is 10.7 Å². The third kappa shape index (κ3) is 2.53. The predicted octanol–water partition coefficient (Wildman–Crippen LogP) is 2.58. The van der Waals surface area contributed by atoms with Gasteiger partial charge in [0.25, 0.3) is 0 Å². The van der Waals surface area contributed by atoms with Gasteiger partial charge in [0.05, 0.1) is 16.4 Å². The molecule has 0 radical (unpaired) electrons. The average molecular weight is 240 g/mol. The van der Waals surface area contributed by atoms with E-state index in [-0.39, 0.29) is 0 Å². The van der Waals surface area contributed by atoms with Crippen molar-refractivity contribution in [2.45, 2.75) is 6.54 Å². The van der Waals surface area contributed by atoms with E-state index in [1.807, 2.05) is 24.6 Å². The molecule has 2 heterocycles. The molecule has 0 aliphatic carbocycles. The number of thiazole rings is 1. The highest BCUT2D eigenvalue weighted by atomic mass is 35.5. The first kappa shape index (κ1) is 10.5. The molecule has 1 N–H and O–H groups in total. The zero-order chi connectivity index (χ0) is 10.7. The van der Waals surface area contributed by atoms with Crippen LogP contribution in [-0.4, -0.2) is 17.0 Å². The van der Waals surface area contributed by atoms with Gasteiger partial charge < -0.3 is 5.32 Å². The van der Waals surface area contributed by atoms with Gasteiger partial charge in [-0.2, -0.15) is 0 Å². The summed E-state index contributed by atoms with van der Waals surface area (Å²) in [5.74, 6) is 0. The van der Waals surface area contributed by atoms with Gasteiger partial charge in [0.15, 0.2) is 0 Å². The van der Waals surface area contributed by atoms with Gasteiger partial charge in [0.2, 0.25) is 0 Å². The van der Waals surface area contributed by atoms with Gasteiger partial charge >= 0.3 is 0 Å². The first-order valence-corrected chi connectivity index (χ1v) is 5.76. The van der Waals surface area contributed by atoms with E-state index in [0.717, 1.165) is 22.9 Å². The molecule has 0 saturated heterocycles. The lowest BCUT2D eigenvalue weighted by molar-refractivity contribution is 0.798. The van der Waals surface area contributed by atoms with Crippen molar-refractivity contribution in [3.05, 3.63) is 34.4 Å². The Bertz CT molecular complexity index is 438. The molecular weight excluding hydrogens is 230 g/mol. The fourth-order valence-electron chi connectivity index (χ4n) is 1.19. The Balaban J connectivity index is 2.25. The number of rotatable bonds is 3. The molecule has 0 atom stereocenters. The predicted molar refractivity (Wildman–Crippen MR) is 63.1 cm³/mol. The molecule has 0 spiro atoms. The van der Waals surface area contributed by atoms with Gasteiger partial charge in [-0.1, -0.05) is 11.6 Å². The van der Waals surface area contributed by atoms with Crippen molar-refractivity contribution in [1.29, 1.82) is 0 Å². The standard InChI is InChI=1S/C10H10ClN3S/c1-12-5-8-6-15-10(14-8)9-3-2-7(11)4-13-9/h2-4,6,12H,5H2,1H3. The molecule has 0 amide bonds. The van der Waals surface area contributed by atoms with Gasteiger partial charge in [-0.05, 0) is 19.2 Å². The van der Waals surface area contributed by atoms with Crippen molar-refractivity contribution < 1.29 is 0 Å². The monoisotopic (exact) mass is 239 g/mol. The third-order valence-corrected chi connectivity index (χ3v) is 2.99. The van der Waals surface area contributed by atoms with Crippen molar-refractivity contribution in [3.63, 3.8) is 0 Å². The number of nitrogens with zero attached hydrogens (tertiary/aromatic N) is 2. The SMILES string of the molecule is CNCc1csc(-c2ccc(Cl)cn2)n1. The minimum absolute atomic E-state index is 0.644. The average Bonchev–Trinajstić information content (AvgIpc) is 2.68.